The molecule has 0 aromatic heterocycles. The number of esters is 2. The van der Waals surface area contributed by atoms with Crippen LogP contribution < -0.4 is 9.47 Å². The van der Waals surface area contributed by atoms with Gasteiger partial charge in [0.15, 0.2) is 0 Å². The molecular weight excluding hydrogens is 330 g/mol. The summed E-state index contributed by atoms with van der Waals surface area (Å²) in [6.45, 7) is 1.73. The van der Waals surface area contributed by atoms with E-state index in [1.54, 1.807) is 0 Å². The Kier molecular flexibility index (Phi) is 6.05. The molecule has 0 aliphatic rings. The SMILES string of the molecule is CCOC(=O)C(=O)Oc1cc(OCc2ccccc2)ccc1[N+](=O)[O-]. The molecule has 0 unspecified atom stereocenters. The van der Waals surface area contributed by atoms with Crippen molar-refractivity contribution >= 4 is 17.6 Å². The van der Waals surface area contributed by atoms with Gasteiger partial charge in [-0.15, -0.1) is 0 Å². The Labute approximate surface area is 143 Å². The fraction of sp³-hybridized carbons (Fsp3) is 0.176. The number of rotatable bonds is 6. The summed E-state index contributed by atoms with van der Waals surface area (Å²) in [5.41, 5.74) is 0.427. The molecule has 0 fully saturated rings. The van der Waals surface area contributed by atoms with Gasteiger partial charge in [-0.05, 0) is 18.6 Å². The Morgan fingerprint density at radius 1 is 1.08 bits per heavy atom. The molecule has 0 spiro atoms. The van der Waals surface area contributed by atoms with Crippen molar-refractivity contribution < 1.29 is 28.7 Å². The number of nitrogens with zero attached hydrogens (tertiary/aromatic N) is 1. The van der Waals surface area contributed by atoms with Crippen LogP contribution in [0.3, 0.4) is 0 Å². The molecule has 0 bridgehead atoms. The third kappa shape index (κ3) is 5.03. The standard InChI is InChI=1S/C17H15NO7/c1-2-23-16(19)17(20)25-15-10-13(8-9-14(15)18(21)22)24-11-12-6-4-3-5-7-12/h3-10H,2,11H2,1H3. The van der Waals surface area contributed by atoms with Gasteiger partial charge >= 0.3 is 17.6 Å². The van der Waals surface area contributed by atoms with Crippen molar-refractivity contribution in [3.63, 3.8) is 0 Å². The van der Waals surface area contributed by atoms with Crippen molar-refractivity contribution in [2.75, 3.05) is 6.61 Å². The van der Waals surface area contributed by atoms with Crippen LogP contribution in [0.15, 0.2) is 48.5 Å². The minimum absolute atomic E-state index is 0.0176. The predicted molar refractivity (Wildman–Crippen MR) is 86.1 cm³/mol. The van der Waals surface area contributed by atoms with E-state index in [2.05, 4.69) is 4.74 Å². The van der Waals surface area contributed by atoms with Crippen LogP contribution in [0.2, 0.25) is 0 Å². The van der Waals surface area contributed by atoms with Crippen LogP contribution in [-0.2, 0) is 20.9 Å². The van der Waals surface area contributed by atoms with Gasteiger partial charge in [0.25, 0.3) is 0 Å². The maximum atomic E-state index is 11.6. The Bertz CT molecular complexity index is 774. The molecule has 0 amide bonds. The zero-order valence-electron chi connectivity index (χ0n) is 13.3. The summed E-state index contributed by atoms with van der Waals surface area (Å²) in [4.78, 5) is 33.3. The number of hydrogen-bond donors (Lipinski definition) is 0. The van der Waals surface area contributed by atoms with Crippen molar-refractivity contribution in [1.29, 1.82) is 0 Å². The minimum Gasteiger partial charge on any atom is -0.489 e. The molecule has 25 heavy (non-hydrogen) atoms. The number of nitro benzene ring substituents is 1. The van der Waals surface area contributed by atoms with E-state index in [0.29, 0.717) is 0 Å². The number of ether oxygens (including phenoxy) is 3. The molecule has 0 radical (unpaired) electrons. The maximum absolute atomic E-state index is 11.6. The van der Waals surface area contributed by atoms with Gasteiger partial charge in [0.1, 0.15) is 12.4 Å². The van der Waals surface area contributed by atoms with Gasteiger partial charge in [0, 0.05) is 12.1 Å². The van der Waals surface area contributed by atoms with E-state index < -0.39 is 28.3 Å². The van der Waals surface area contributed by atoms with Gasteiger partial charge in [-0.2, -0.15) is 0 Å². The predicted octanol–water partition coefficient (Wildman–Crippen LogP) is 2.64. The molecule has 2 aromatic carbocycles. The topological polar surface area (TPSA) is 105 Å². The lowest BCUT2D eigenvalue weighted by Gasteiger charge is -2.09. The van der Waals surface area contributed by atoms with Crippen LogP contribution in [0.4, 0.5) is 5.69 Å². The van der Waals surface area contributed by atoms with Crippen molar-refractivity contribution in [2.24, 2.45) is 0 Å². The molecule has 2 aromatic rings. The lowest BCUT2D eigenvalue weighted by Crippen LogP contribution is -2.23. The Morgan fingerprint density at radius 3 is 2.44 bits per heavy atom. The van der Waals surface area contributed by atoms with Crippen LogP contribution in [0, 0.1) is 10.1 Å². The number of carbonyl (C=O) groups is 2. The largest absolute Gasteiger partial charge is 0.489 e. The minimum atomic E-state index is -1.34. The molecule has 0 aliphatic heterocycles. The Hall–Kier alpha value is -3.42. The highest BCUT2D eigenvalue weighted by Crippen LogP contribution is 2.31. The summed E-state index contributed by atoms with van der Waals surface area (Å²) in [5, 5.41) is 11.0. The monoisotopic (exact) mass is 345 g/mol. The fourth-order valence-corrected chi connectivity index (χ4v) is 1.89. The van der Waals surface area contributed by atoms with Gasteiger partial charge in [-0.3, -0.25) is 10.1 Å². The first kappa shape index (κ1) is 17.9. The molecule has 2 rings (SSSR count). The summed E-state index contributed by atoms with van der Waals surface area (Å²) < 4.78 is 14.8. The van der Waals surface area contributed by atoms with E-state index in [9.17, 15) is 19.7 Å². The average molecular weight is 345 g/mol. The van der Waals surface area contributed by atoms with E-state index in [-0.39, 0.29) is 19.0 Å². The number of nitro groups is 1. The molecule has 0 N–H and O–H groups in total. The van der Waals surface area contributed by atoms with Gasteiger partial charge < -0.3 is 14.2 Å². The van der Waals surface area contributed by atoms with E-state index >= 15 is 0 Å². The first-order valence-corrected chi connectivity index (χ1v) is 7.35. The second-order valence-corrected chi connectivity index (χ2v) is 4.77. The molecule has 0 heterocycles. The smallest absolute Gasteiger partial charge is 0.423 e. The molecule has 0 atom stereocenters. The van der Waals surface area contributed by atoms with Gasteiger partial charge in [-0.1, -0.05) is 30.3 Å². The highest BCUT2D eigenvalue weighted by molar-refractivity contribution is 6.30. The molecular formula is C17H15NO7. The van der Waals surface area contributed by atoms with Crippen LogP contribution >= 0.6 is 0 Å². The summed E-state index contributed by atoms with van der Waals surface area (Å²) in [6, 6.07) is 13.0. The van der Waals surface area contributed by atoms with E-state index in [4.69, 9.17) is 9.47 Å². The zero-order chi connectivity index (χ0) is 18.2. The van der Waals surface area contributed by atoms with Crippen molar-refractivity contribution in [2.45, 2.75) is 13.5 Å². The normalized spacial score (nSPS) is 9.96. The third-order valence-corrected chi connectivity index (χ3v) is 3.02. The Balaban J connectivity index is 2.16. The number of hydrogen-bond acceptors (Lipinski definition) is 7. The number of carbonyl (C=O) groups excluding carboxylic acids is 2. The van der Waals surface area contributed by atoms with Gasteiger partial charge in [0.05, 0.1) is 11.5 Å². The highest BCUT2D eigenvalue weighted by Gasteiger charge is 2.24. The van der Waals surface area contributed by atoms with Gasteiger partial charge in [-0.25, -0.2) is 9.59 Å². The highest BCUT2D eigenvalue weighted by atomic mass is 16.6. The fourth-order valence-electron chi connectivity index (χ4n) is 1.89. The van der Waals surface area contributed by atoms with E-state index in [1.807, 2.05) is 30.3 Å². The molecule has 8 heteroatoms. The Morgan fingerprint density at radius 2 is 1.80 bits per heavy atom. The van der Waals surface area contributed by atoms with Crippen LogP contribution in [0.25, 0.3) is 0 Å². The zero-order valence-corrected chi connectivity index (χ0v) is 13.3. The maximum Gasteiger partial charge on any atom is 0.423 e. The van der Waals surface area contributed by atoms with Crippen molar-refractivity contribution in [3.05, 3.63) is 64.2 Å². The van der Waals surface area contributed by atoms with Gasteiger partial charge in [0.2, 0.25) is 5.75 Å². The summed E-state index contributed by atoms with van der Waals surface area (Å²) in [5.74, 6) is -2.72. The van der Waals surface area contributed by atoms with E-state index in [0.717, 1.165) is 11.6 Å². The first-order valence-electron chi connectivity index (χ1n) is 7.35. The molecule has 0 saturated carbocycles. The second kappa shape index (κ2) is 8.44. The second-order valence-electron chi connectivity index (χ2n) is 4.77. The molecule has 0 aliphatic carbocycles. The van der Waals surface area contributed by atoms with Crippen LogP contribution in [0.5, 0.6) is 11.5 Å². The lowest BCUT2D eigenvalue weighted by atomic mass is 10.2. The van der Waals surface area contributed by atoms with Crippen LogP contribution in [-0.4, -0.2) is 23.5 Å². The van der Waals surface area contributed by atoms with E-state index in [1.165, 1.54) is 19.1 Å². The lowest BCUT2D eigenvalue weighted by molar-refractivity contribution is -0.385. The van der Waals surface area contributed by atoms with Crippen LogP contribution in [0.1, 0.15) is 12.5 Å². The number of benzene rings is 2. The molecule has 0 saturated heterocycles. The molecule has 130 valence electrons. The summed E-state index contributed by atoms with van der Waals surface area (Å²) in [6.07, 6.45) is 0. The van der Waals surface area contributed by atoms with Crippen molar-refractivity contribution in [3.8, 4) is 11.5 Å². The summed E-state index contributed by atoms with van der Waals surface area (Å²) >= 11 is 0. The quantitative estimate of drug-likeness (QED) is 0.260. The average Bonchev–Trinajstić information content (AvgIpc) is 2.61. The van der Waals surface area contributed by atoms with Crippen molar-refractivity contribution in [1.82, 2.24) is 0 Å². The molecule has 8 nitrogen and oxygen atoms in total. The third-order valence-electron chi connectivity index (χ3n) is 3.02. The first-order chi connectivity index (χ1) is 12.0. The summed E-state index contributed by atoms with van der Waals surface area (Å²) in [7, 11) is 0.